The summed E-state index contributed by atoms with van der Waals surface area (Å²) in [5, 5.41) is 12.3. The third-order valence-electron chi connectivity index (χ3n) is 3.92. The van der Waals surface area contributed by atoms with Gasteiger partial charge in [0.15, 0.2) is 0 Å². The molecule has 0 saturated carbocycles. The normalized spacial score (nSPS) is 21.2. The van der Waals surface area contributed by atoms with Crippen molar-refractivity contribution in [1.82, 2.24) is 10.2 Å². The van der Waals surface area contributed by atoms with Crippen LogP contribution in [0.2, 0.25) is 0 Å². The largest absolute Gasteiger partial charge is 0.396 e. The Morgan fingerprint density at radius 1 is 1.42 bits per heavy atom. The molecule has 1 fully saturated rings. The third-order valence-corrected chi connectivity index (χ3v) is 3.92. The van der Waals surface area contributed by atoms with E-state index in [-0.39, 0.29) is 24.6 Å². The van der Waals surface area contributed by atoms with Crippen molar-refractivity contribution in [3.8, 4) is 0 Å². The molecule has 0 spiro atoms. The molecule has 19 heavy (non-hydrogen) atoms. The van der Waals surface area contributed by atoms with Crippen molar-refractivity contribution in [3.05, 3.63) is 0 Å². The molecule has 1 heterocycles. The van der Waals surface area contributed by atoms with Gasteiger partial charge in [-0.05, 0) is 32.1 Å². The molecule has 0 aromatic heterocycles. The second-order valence-corrected chi connectivity index (χ2v) is 5.84. The van der Waals surface area contributed by atoms with E-state index in [0.29, 0.717) is 6.54 Å². The van der Waals surface area contributed by atoms with Crippen LogP contribution in [-0.4, -0.2) is 41.8 Å². The number of carbonyl (C=O) groups excluding carboxylic acids is 1. The number of nitrogens with one attached hydrogen (secondary N) is 1. The first-order valence-corrected chi connectivity index (χ1v) is 7.83. The molecular weight excluding hydrogens is 240 g/mol. The third kappa shape index (κ3) is 6.28. The SMILES string of the molecule is CCCCCCC(C)NC(=O)N1CCCC(CO)C1. The molecule has 0 bridgehead atoms. The van der Waals surface area contributed by atoms with Crippen molar-refractivity contribution < 1.29 is 9.90 Å². The van der Waals surface area contributed by atoms with Gasteiger partial charge in [-0.1, -0.05) is 32.6 Å². The molecule has 4 heteroatoms. The molecule has 4 nitrogen and oxygen atoms in total. The van der Waals surface area contributed by atoms with Gasteiger partial charge in [-0.15, -0.1) is 0 Å². The number of likely N-dealkylation sites (tertiary alicyclic amines) is 1. The highest BCUT2D eigenvalue weighted by molar-refractivity contribution is 5.74. The van der Waals surface area contributed by atoms with Crippen LogP contribution in [0, 0.1) is 5.92 Å². The monoisotopic (exact) mass is 270 g/mol. The first-order chi connectivity index (χ1) is 9.17. The molecule has 2 amide bonds. The molecule has 1 aliphatic heterocycles. The number of hydrogen-bond acceptors (Lipinski definition) is 2. The van der Waals surface area contributed by atoms with Crippen molar-refractivity contribution >= 4 is 6.03 Å². The molecule has 2 N–H and O–H groups in total. The predicted molar refractivity (Wildman–Crippen MR) is 78.1 cm³/mol. The Hall–Kier alpha value is -0.770. The molecule has 2 unspecified atom stereocenters. The standard InChI is InChI=1S/C15H30N2O2/c1-3-4-5-6-8-13(2)16-15(19)17-10-7-9-14(11-17)12-18/h13-14,18H,3-12H2,1-2H3,(H,16,19). The van der Waals surface area contributed by atoms with E-state index in [9.17, 15) is 9.90 Å². The smallest absolute Gasteiger partial charge is 0.317 e. The summed E-state index contributed by atoms with van der Waals surface area (Å²) in [6.07, 6.45) is 8.07. The summed E-state index contributed by atoms with van der Waals surface area (Å²) >= 11 is 0. The molecule has 2 atom stereocenters. The zero-order valence-corrected chi connectivity index (χ0v) is 12.5. The summed E-state index contributed by atoms with van der Waals surface area (Å²) in [7, 11) is 0. The first-order valence-electron chi connectivity index (χ1n) is 7.83. The molecule has 1 saturated heterocycles. The van der Waals surface area contributed by atoms with E-state index < -0.39 is 0 Å². The molecule has 0 aromatic rings. The number of rotatable bonds is 7. The number of carbonyl (C=O) groups is 1. The minimum atomic E-state index is 0.0427. The van der Waals surface area contributed by atoms with Crippen LogP contribution in [-0.2, 0) is 0 Å². The van der Waals surface area contributed by atoms with Crippen LogP contribution in [0.5, 0.6) is 0 Å². The topological polar surface area (TPSA) is 52.6 Å². The second-order valence-electron chi connectivity index (χ2n) is 5.84. The zero-order valence-electron chi connectivity index (χ0n) is 12.5. The van der Waals surface area contributed by atoms with Crippen molar-refractivity contribution in [2.75, 3.05) is 19.7 Å². The molecule has 1 aliphatic rings. The van der Waals surface area contributed by atoms with E-state index in [0.717, 1.165) is 25.8 Å². The van der Waals surface area contributed by atoms with Crippen molar-refractivity contribution in [3.63, 3.8) is 0 Å². The maximum absolute atomic E-state index is 12.1. The van der Waals surface area contributed by atoms with Crippen LogP contribution in [0.3, 0.4) is 0 Å². The lowest BCUT2D eigenvalue weighted by Gasteiger charge is -2.32. The highest BCUT2D eigenvalue weighted by Gasteiger charge is 2.23. The number of nitrogens with zero attached hydrogens (tertiary/aromatic N) is 1. The molecule has 0 aliphatic carbocycles. The molecule has 0 aromatic carbocycles. The fourth-order valence-corrected chi connectivity index (χ4v) is 2.65. The Morgan fingerprint density at radius 3 is 2.89 bits per heavy atom. The minimum absolute atomic E-state index is 0.0427. The quantitative estimate of drug-likeness (QED) is 0.699. The second kappa shape index (κ2) is 9.18. The molecule has 1 rings (SSSR count). The van der Waals surface area contributed by atoms with Crippen molar-refractivity contribution in [1.29, 1.82) is 0 Å². The van der Waals surface area contributed by atoms with Gasteiger partial charge >= 0.3 is 6.03 Å². The Balaban J connectivity index is 2.21. The maximum Gasteiger partial charge on any atom is 0.317 e. The van der Waals surface area contributed by atoms with Gasteiger partial charge in [-0.3, -0.25) is 0 Å². The summed E-state index contributed by atoms with van der Waals surface area (Å²) in [4.78, 5) is 13.9. The van der Waals surface area contributed by atoms with E-state index in [1.807, 2.05) is 4.90 Å². The summed E-state index contributed by atoms with van der Waals surface area (Å²) in [5.41, 5.74) is 0. The number of aliphatic hydroxyl groups is 1. The van der Waals surface area contributed by atoms with Gasteiger partial charge in [0, 0.05) is 25.7 Å². The van der Waals surface area contributed by atoms with Crippen LogP contribution in [0.1, 0.15) is 58.8 Å². The molecule has 112 valence electrons. The van der Waals surface area contributed by atoms with Crippen LogP contribution < -0.4 is 5.32 Å². The van der Waals surface area contributed by atoms with Crippen LogP contribution in [0.15, 0.2) is 0 Å². The van der Waals surface area contributed by atoms with Crippen molar-refractivity contribution in [2.45, 2.75) is 64.8 Å². The Morgan fingerprint density at radius 2 is 2.21 bits per heavy atom. The van der Waals surface area contributed by atoms with E-state index in [2.05, 4.69) is 19.2 Å². The van der Waals surface area contributed by atoms with Gasteiger partial charge < -0.3 is 15.3 Å². The summed E-state index contributed by atoms with van der Waals surface area (Å²) < 4.78 is 0. The van der Waals surface area contributed by atoms with Gasteiger partial charge in [-0.25, -0.2) is 4.79 Å². The van der Waals surface area contributed by atoms with Crippen LogP contribution in [0.25, 0.3) is 0 Å². The molecule has 0 radical (unpaired) electrons. The van der Waals surface area contributed by atoms with Crippen molar-refractivity contribution in [2.24, 2.45) is 5.92 Å². The highest BCUT2D eigenvalue weighted by atomic mass is 16.3. The summed E-state index contributed by atoms with van der Waals surface area (Å²) in [5.74, 6) is 0.263. The average Bonchev–Trinajstić information content (AvgIpc) is 2.43. The average molecular weight is 270 g/mol. The fourth-order valence-electron chi connectivity index (χ4n) is 2.65. The van der Waals surface area contributed by atoms with Crippen LogP contribution in [0.4, 0.5) is 4.79 Å². The number of aliphatic hydroxyl groups excluding tert-OH is 1. The number of urea groups is 1. The van der Waals surface area contributed by atoms with Gasteiger partial charge in [-0.2, -0.15) is 0 Å². The Bertz CT molecular complexity index is 259. The maximum atomic E-state index is 12.1. The van der Waals surface area contributed by atoms with Gasteiger partial charge in [0.05, 0.1) is 0 Å². The van der Waals surface area contributed by atoms with Gasteiger partial charge in [0.2, 0.25) is 0 Å². The first kappa shape index (κ1) is 16.3. The van der Waals surface area contributed by atoms with Crippen LogP contribution >= 0.6 is 0 Å². The Kier molecular flexibility index (Phi) is 7.87. The predicted octanol–water partition coefficient (Wildman–Crippen LogP) is 2.76. The Labute approximate surface area is 117 Å². The van der Waals surface area contributed by atoms with Gasteiger partial charge in [0.1, 0.15) is 0 Å². The van der Waals surface area contributed by atoms with E-state index in [1.165, 1.54) is 25.7 Å². The summed E-state index contributed by atoms with van der Waals surface area (Å²) in [6.45, 7) is 6.00. The lowest BCUT2D eigenvalue weighted by Crippen LogP contribution is -2.48. The van der Waals surface area contributed by atoms with E-state index in [1.54, 1.807) is 0 Å². The zero-order chi connectivity index (χ0) is 14.1. The highest BCUT2D eigenvalue weighted by Crippen LogP contribution is 2.16. The fraction of sp³-hybridized carbons (Fsp3) is 0.933. The summed E-state index contributed by atoms with van der Waals surface area (Å²) in [6, 6.07) is 0.292. The van der Waals surface area contributed by atoms with E-state index >= 15 is 0 Å². The number of hydrogen-bond donors (Lipinski definition) is 2. The number of amides is 2. The molecular formula is C15H30N2O2. The lowest BCUT2D eigenvalue weighted by atomic mass is 9.99. The lowest BCUT2D eigenvalue weighted by molar-refractivity contribution is 0.128. The number of piperidine rings is 1. The minimum Gasteiger partial charge on any atom is -0.396 e. The number of unbranched alkanes of at least 4 members (excludes halogenated alkanes) is 3. The van der Waals surface area contributed by atoms with E-state index in [4.69, 9.17) is 0 Å². The van der Waals surface area contributed by atoms with Gasteiger partial charge in [0.25, 0.3) is 0 Å².